The molecule has 146 valence electrons. The lowest BCUT2D eigenvalue weighted by molar-refractivity contribution is -0.0498. The number of methoxy groups -OCH3 is 1. The molecular formula is C19H21F3N2O3. The highest BCUT2D eigenvalue weighted by Crippen LogP contribution is 2.20. The van der Waals surface area contributed by atoms with Gasteiger partial charge in [0, 0.05) is 13.6 Å². The van der Waals surface area contributed by atoms with Crippen molar-refractivity contribution >= 4 is 6.03 Å². The third-order valence-corrected chi connectivity index (χ3v) is 3.93. The number of nitrogens with zero attached hydrogens (tertiary/aromatic N) is 1. The predicted octanol–water partition coefficient (Wildman–Crippen LogP) is 4.34. The van der Waals surface area contributed by atoms with E-state index in [0.29, 0.717) is 5.56 Å². The number of rotatable bonds is 7. The van der Waals surface area contributed by atoms with E-state index in [1.165, 1.54) is 36.3 Å². The van der Waals surface area contributed by atoms with Crippen molar-refractivity contribution in [1.82, 2.24) is 10.2 Å². The van der Waals surface area contributed by atoms with Gasteiger partial charge in [0.25, 0.3) is 0 Å². The Hall–Kier alpha value is -2.90. The summed E-state index contributed by atoms with van der Waals surface area (Å²) in [6.45, 7) is -0.910. The molecule has 1 atom stereocenters. The zero-order valence-electron chi connectivity index (χ0n) is 15.2. The third kappa shape index (κ3) is 5.80. The average Bonchev–Trinajstić information content (AvgIpc) is 2.61. The molecule has 5 nitrogen and oxygen atoms in total. The number of hydrogen-bond donors (Lipinski definition) is 1. The smallest absolute Gasteiger partial charge is 0.387 e. The summed E-state index contributed by atoms with van der Waals surface area (Å²) in [6, 6.07) is 9.80. The summed E-state index contributed by atoms with van der Waals surface area (Å²) in [5.74, 6) is -0.312. The summed E-state index contributed by atoms with van der Waals surface area (Å²) < 4.78 is 47.2. The highest BCUT2D eigenvalue weighted by Gasteiger charge is 2.15. The number of alkyl halides is 2. The van der Waals surface area contributed by atoms with Crippen LogP contribution in [-0.4, -0.2) is 31.7 Å². The van der Waals surface area contributed by atoms with Crippen LogP contribution in [0.15, 0.2) is 42.5 Å². The number of amides is 2. The Morgan fingerprint density at radius 1 is 1.19 bits per heavy atom. The highest BCUT2D eigenvalue weighted by atomic mass is 19.3. The van der Waals surface area contributed by atoms with Crippen molar-refractivity contribution in [2.45, 2.75) is 26.1 Å². The monoisotopic (exact) mass is 382 g/mol. The Kier molecular flexibility index (Phi) is 6.92. The standard InChI is InChI=1S/C19H21F3N2O3/c1-12(14-5-7-15(8-6-14)27-18(21)22)23-19(25)24(2)11-13-4-9-17(26-3)16(20)10-13/h4-10,12,18H,11H2,1-3H3,(H,23,25). The molecule has 1 N–H and O–H groups in total. The van der Waals surface area contributed by atoms with Crippen LogP contribution in [0.25, 0.3) is 0 Å². The van der Waals surface area contributed by atoms with Gasteiger partial charge >= 0.3 is 12.6 Å². The maximum atomic E-state index is 13.7. The summed E-state index contributed by atoms with van der Waals surface area (Å²) in [5, 5.41) is 2.79. The van der Waals surface area contributed by atoms with E-state index >= 15 is 0 Å². The van der Waals surface area contributed by atoms with Gasteiger partial charge in [-0.25, -0.2) is 9.18 Å². The van der Waals surface area contributed by atoms with Crippen LogP contribution in [0.5, 0.6) is 11.5 Å². The quantitative estimate of drug-likeness (QED) is 0.775. The van der Waals surface area contributed by atoms with Gasteiger partial charge in [0.1, 0.15) is 5.75 Å². The number of carbonyl (C=O) groups excluding carboxylic acids is 1. The van der Waals surface area contributed by atoms with Gasteiger partial charge in [-0.05, 0) is 42.3 Å². The van der Waals surface area contributed by atoms with Gasteiger partial charge in [-0.1, -0.05) is 18.2 Å². The van der Waals surface area contributed by atoms with Gasteiger partial charge < -0.3 is 19.7 Å². The van der Waals surface area contributed by atoms with E-state index in [2.05, 4.69) is 10.1 Å². The van der Waals surface area contributed by atoms with E-state index in [1.54, 1.807) is 32.2 Å². The van der Waals surface area contributed by atoms with E-state index in [9.17, 15) is 18.0 Å². The van der Waals surface area contributed by atoms with Crippen LogP contribution in [0.3, 0.4) is 0 Å². The van der Waals surface area contributed by atoms with Crippen LogP contribution in [0, 0.1) is 5.82 Å². The molecule has 0 aliphatic carbocycles. The van der Waals surface area contributed by atoms with Gasteiger partial charge in [-0.2, -0.15) is 8.78 Å². The lowest BCUT2D eigenvalue weighted by Crippen LogP contribution is -2.38. The SMILES string of the molecule is COc1ccc(CN(C)C(=O)NC(C)c2ccc(OC(F)F)cc2)cc1F. The molecule has 2 rings (SSSR count). The lowest BCUT2D eigenvalue weighted by atomic mass is 10.1. The second-order valence-electron chi connectivity index (χ2n) is 5.94. The normalized spacial score (nSPS) is 11.8. The fourth-order valence-corrected chi connectivity index (χ4v) is 2.47. The van der Waals surface area contributed by atoms with Crippen LogP contribution >= 0.6 is 0 Å². The van der Waals surface area contributed by atoms with Gasteiger partial charge in [0.2, 0.25) is 0 Å². The molecule has 8 heteroatoms. The van der Waals surface area contributed by atoms with Crippen LogP contribution in [0.4, 0.5) is 18.0 Å². The van der Waals surface area contributed by atoms with Crippen LogP contribution in [-0.2, 0) is 6.54 Å². The van der Waals surface area contributed by atoms with Crippen molar-refractivity contribution in [2.24, 2.45) is 0 Å². The lowest BCUT2D eigenvalue weighted by Gasteiger charge is -2.22. The molecule has 0 radical (unpaired) electrons. The number of ether oxygens (including phenoxy) is 2. The molecule has 0 bridgehead atoms. The Labute approximate surface area is 155 Å². The molecule has 0 saturated heterocycles. The second kappa shape index (κ2) is 9.16. The molecular weight excluding hydrogens is 361 g/mol. The first kappa shape index (κ1) is 20.4. The minimum absolute atomic E-state index is 0.0472. The average molecular weight is 382 g/mol. The predicted molar refractivity (Wildman–Crippen MR) is 94.4 cm³/mol. The highest BCUT2D eigenvalue weighted by molar-refractivity contribution is 5.74. The molecule has 2 aromatic carbocycles. The van der Waals surface area contributed by atoms with Crippen LogP contribution in [0.2, 0.25) is 0 Å². The molecule has 0 saturated carbocycles. The summed E-state index contributed by atoms with van der Waals surface area (Å²) in [4.78, 5) is 13.7. The Morgan fingerprint density at radius 2 is 1.85 bits per heavy atom. The van der Waals surface area contributed by atoms with Gasteiger partial charge in [-0.15, -0.1) is 0 Å². The zero-order valence-corrected chi connectivity index (χ0v) is 15.2. The zero-order chi connectivity index (χ0) is 20.0. The van der Waals surface area contributed by atoms with Gasteiger partial charge in [-0.3, -0.25) is 0 Å². The van der Waals surface area contributed by atoms with E-state index in [1.807, 2.05) is 0 Å². The summed E-state index contributed by atoms with van der Waals surface area (Å²) >= 11 is 0. The van der Waals surface area contributed by atoms with Crippen molar-refractivity contribution in [3.05, 3.63) is 59.4 Å². The molecule has 0 heterocycles. The fraction of sp³-hybridized carbons (Fsp3) is 0.316. The fourth-order valence-electron chi connectivity index (χ4n) is 2.47. The van der Waals surface area contributed by atoms with Crippen LogP contribution in [0.1, 0.15) is 24.1 Å². The molecule has 0 aliphatic rings. The van der Waals surface area contributed by atoms with E-state index in [-0.39, 0.29) is 30.1 Å². The van der Waals surface area contributed by atoms with Crippen molar-refractivity contribution < 1.29 is 27.4 Å². The maximum Gasteiger partial charge on any atom is 0.387 e. The molecule has 0 aliphatic heterocycles. The second-order valence-corrected chi connectivity index (χ2v) is 5.94. The maximum absolute atomic E-state index is 13.7. The minimum Gasteiger partial charge on any atom is -0.494 e. The Balaban J connectivity index is 1.94. The largest absolute Gasteiger partial charge is 0.494 e. The number of halogens is 3. The number of carbonyl (C=O) groups is 1. The van der Waals surface area contributed by atoms with E-state index < -0.39 is 12.4 Å². The summed E-state index contributed by atoms with van der Waals surface area (Å²) in [7, 11) is 2.97. The van der Waals surface area contributed by atoms with Gasteiger partial charge in [0.05, 0.1) is 13.2 Å². The van der Waals surface area contributed by atoms with Crippen molar-refractivity contribution in [1.29, 1.82) is 0 Å². The first-order valence-electron chi connectivity index (χ1n) is 8.19. The molecule has 0 spiro atoms. The van der Waals surface area contributed by atoms with Crippen molar-refractivity contribution in [3.63, 3.8) is 0 Å². The van der Waals surface area contributed by atoms with E-state index in [4.69, 9.17) is 4.74 Å². The molecule has 27 heavy (non-hydrogen) atoms. The number of nitrogens with one attached hydrogen (secondary N) is 1. The topological polar surface area (TPSA) is 50.8 Å². The molecule has 2 aromatic rings. The molecule has 2 amide bonds. The number of urea groups is 1. The first-order chi connectivity index (χ1) is 12.8. The minimum atomic E-state index is -2.88. The Bertz CT molecular complexity index is 769. The molecule has 0 fully saturated rings. The summed E-state index contributed by atoms with van der Waals surface area (Å²) in [6.07, 6.45) is 0. The Morgan fingerprint density at radius 3 is 2.41 bits per heavy atom. The summed E-state index contributed by atoms with van der Waals surface area (Å²) in [5.41, 5.74) is 1.35. The molecule has 1 unspecified atom stereocenters. The number of benzene rings is 2. The van der Waals surface area contributed by atoms with Crippen LogP contribution < -0.4 is 14.8 Å². The third-order valence-electron chi connectivity index (χ3n) is 3.93. The van der Waals surface area contributed by atoms with Crippen molar-refractivity contribution in [3.8, 4) is 11.5 Å². The molecule has 0 aromatic heterocycles. The first-order valence-corrected chi connectivity index (χ1v) is 8.19. The van der Waals surface area contributed by atoms with E-state index in [0.717, 1.165) is 5.56 Å². The number of hydrogen-bond acceptors (Lipinski definition) is 3. The van der Waals surface area contributed by atoms with Crippen molar-refractivity contribution in [2.75, 3.05) is 14.2 Å². The van der Waals surface area contributed by atoms with Gasteiger partial charge in [0.15, 0.2) is 11.6 Å².